The maximum absolute atomic E-state index is 11.1. The van der Waals surface area contributed by atoms with E-state index in [4.69, 9.17) is 0 Å². The van der Waals surface area contributed by atoms with Crippen LogP contribution in [0.15, 0.2) is 60.7 Å². The van der Waals surface area contributed by atoms with Crippen molar-refractivity contribution in [3.8, 4) is 0 Å². The first-order chi connectivity index (χ1) is 12.2. The Labute approximate surface area is 150 Å². The molecule has 2 aliphatic heterocycles. The van der Waals surface area contributed by atoms with Gasteiger partial charge in [0.2, 0.25) is 0 Å². The molecule has 3 heteroatoms. The van der Waals surface area contributed by atoms with Gasteiger partial charge in [0.05, 0.1) is 0 Å². The molecule has 0 bridgehead atoms. The molecule has 0 radical (unpaired) electrons. The van der Waals surface area contributed by atoms with Crippen LogP contribution >= 0.6 is 0 Å². The highest BCUT2D eigenvalue weighted by Crippen LogP contribution is 2.34. The van der Waals surface area contributed by atoms with E-state index in [0.29, 0.717) is 6.04 Å². The van der Waals surface area contributed by atoms with Gasteiger partial charge in [-0.2, -0.15) is 0 Å². The van der Waals surface area contributed by atoms with Crippen molar-refractivity contribution in [2.75, 3.05) is 26.2 Å². The Bertz CT molecular complexity index is 667. The summed E-state index contributed by atoms with van der Waals surface area (Å²) < 4.78 is 0. The number of rotatable bonds is 4. The number of piperidine rings is 1. The Morgan fingerprint density at radius 2 is 1.52 bits per heavy atom. The van der Waals surface area contributed by atoms with Crippen LogP contribution in [0.25, 0.3) is 0 Å². The van der Waals surface area contributed by atoms with E-state index in [9.17, 15) is 5.11 Å². The smallest absolute Gasteiger partial charge is 0.103 e. The molecule has 2 fully saturated rings. The summed E-state index contributed by atoms with van der Waals surface area (Å²) in [6.45, 7) is 5.15. The molecule has 1 N–H and O–H groups in total. The van der Waals surface area contributed by atoms with Crippen LogP contribution < -0.4 is 0 Å². The van der Waals surface area contributed by atoms with Gasteiger partial charge in [-0.05, 0) is 43.5 Å². The Hall–Kier alpha value is -1.68. The molecule has 2 aromatic carbocycles. The zero-order valence-electron chi connectivity index (χ0n) is 14.8. The Morgan fingerprint density at radius 3 is 2.20 bits per heavy atom. The highest BCUT2D eigenvalue weighted by Gasteiger charge is 2.40. The quantitative estimate of drug-likeness (QED) is 0.928. The third kappa shape index (κ3) is 3.79. The van der Waals surface area contributed by atoms with Gasteiger partial charge < -0.3 is 5.11 Å². The summed E-state index contributed by atoms with van der Waals surface area (Å²) in [4.78, 5) is 5.08. The average Bonchev–Trinajstić information content (AvgIpc) is 3.08. The van der Waals surface area contributed by atoms with Gasteiger partial charge in [-0.1, -0.05) is 60.7 Å². The standard InChI is InChI=1S/C22H28N2O/c25-22(20-9-5-2-6-10-20)13-16-24(18-22)21-11-14-23(15-12-21)17-19-7-3-1-4-8-19/h1-10,21,25H,11-18H2/t22-/m0/s1. The number of hydrogen-bond acceptors (Lipinski definition) is 3. The van der Waals surface area contributed by atoms with E-state index >= 15 is 0 Å². The monoisotopic (exact) mass is 336 g/mol. The van der Waals surface area contributed by atoms with Crippen molar-refractivity contribution in [3.63, 3.8) is 0 Å². The molecular formula is C22H28N2O. The topological polar surface area (TPSA) is 26.7 Å². The van der Waals surface area contributed by atoms with Crippen LogP contribution in [0, 0.1) is 0 Å². The maximum Gasteiger partial charge on any atom is 0.103 e. The minimum atomic E-state index is -0.664. The third-order valence-electron chi connectivity index (χ3n) is 5.91. The molecule has 132 valence electrons. The molecule has 0 aliphatic carbocycles. The molecule has 1 atom stereocenters. The lowest BCUT2D eigenvalue weighted by Gasteiger charge is -2.37. The second kappa shape index (κ2) is 7.28. The second-order valence-corrected chi connectivity index (χ2v) is 7.61. The molecule has 25 heavy (non-hydrogen) atoms. The lowest BCUT2D eigenvalue weighted by Crippen LogP contribution is -2.44. The summed E-state index contributed by atoms with van der Waals surface area (Å²) in [7, 11) is 0. The first kappa shape index (κ1) is 16.8. The van der Waals surface area contributed by atoms with Gasteiger partial charge >= 0.3 is 0 Å². The maximum atomic E-state index is 11.1. The van der Waals surface area contributed by atoms with Crippen LogP contribution in [-0.2, 0) is 12.1 Å². The van der Waals surface area contributed by atoms with Crippen LogP contribution in [0.2, 0.25) is 0 Å². The van der Waals surface area contributed by atoms with Crippen LogP contribution in [0.1, 0.15) is 30.4 Å². The van der Waals surface area contributed by atoms with Crippen LogP contribution in [-0.4, -0.2) is 47.1 Å². The van der Waals surface area contributed by atoms with Crippen molar-refractivity contribution < 1.29 is 5.11 Å². The van der Waals surface area contributed by atoms with Crippen molar-refractivity contribution >= 4 is 0 Å². The lowest BCUT2D eigenvalue weighted by molar-refractivity contribution is 0.0329. The first-order valence-electron chi connectivity index (χ1n) is 9.51. The fourth-order valence-corrected chi connectivity index (χ4v) is 4.40. The molecule has 2 aromatic rings. The first-order valence-corrected chi connectivity index (χ1v) is 9.51. The zero-order chi connectivity index (χ0) is 17.1. The fourth-order valence-electron chi connectivity index (χ4n) is 4.40. The highest BCUT2D eigenvalue weighted by molar-refractivity contribution is 5.24. The number of likely N-dealkylation sites (tertiary alicyclic amines) is 2. The minimum Gasteiger partial charge on any atom is -0.384 e. The van der Waals surface area contributed by atoms with Gasteiger partial charge in [0.25, 0.3) is 0 Å². The Kier molecular flexibility index (Phi) is 4.89. The summed E-state index contributed by atoms with van der Waals surface area (Å²) in [5, 5.41) is 11.1. The van der Waals surface area contributed by atoms with Gasteiger partial charge in [0.15, 0.2) is 0 Å². The molecule has 0 saturated carbocycles. The number of benzene rings is 2. The predicted octanol–water partition coefficient (Wildman–Crippen LogP) is 3.24. The van der Waals surface area contributed by atoms with Crippen LogP contribution in [0.3, 0.4) is 0 Å². The normalized spacial score (nSPS) is 26.1. The van der Waals surface area contributed by atoms with Crippen molar-refractivity contribution in [2.24, 2.45) is 0 Å². The van der Waals surface area contributed by atoms with Gasteiger partial charge in [-0.15, -0.1) is 0 Å². The summed E-state index contributed by atoms with van der Waals surface area (Å²) in [6, 6.07) is 21.6. The number of β-amino-alcohol motifs (C(OH)–C–C–N with tert-alkyl or cyclic N) is 1. The molecule has 2 heterocycles. The van der Waals surface area contributed by atoms with Crippen molar-refractivity contribution in [1.82, 2.24) is 9.80 Å². The Morgan fingerprint density at radius 1 is 0.880 bits per heavy atom. The third-order valence-corrected chi connectivity index (χ3v) is 5.91. The number of nitrogens with zero attached hydrogens (tertiary/aromatic N) is 2. The van der Waals surface area contributed by atoms with Crippen molar-refractivity contribution in [3.05, 3.63) is 71.8 Å². The van der Waals surface area contributed by atoms with Crippen molar-refractivity contribution in [2.45, 2.75) is 37.5 Å². The van der Waals surface area contributed by atoms with E-state index < -0.39 is 5.60 Å². The molecule has 2 saturated heterocycles. The predicted molar refractivity (Wildman–Crippen MR) is 101 cm³/mol. The molecule has 0 aromatic heterocycles. The fraction of sp³-hybridized carbons (Fsp3) is 0.455. The number of aliphatic hydroxyl groups is 1. The van der Waals surface area contributed by atoms with E-state index in [1.54, 1.807) is 0 Å². The van der Waals surface area contributed by atoms with E-state index in [1.165, 1.54) is 18.4 Å². The largest absolute Gasteiger partial charge is 0.384 e. The molecule has 4 rings (SSSR count). The summed E-state index contributed by atoms with van der Waals surface area (Å²) in [6.07, 6.45) is 3.26. The molecule has 0 amide bonds. The van der Waals surface area contributed by atoms with Crippen LogP contribution in [0.4, 0.5) is 0 Å². The van der Waals surface area contributed by atoms with E-state index in [1.807, 2.05) is 18.2 Å². The summed E-state index contributed by atoms with van der Waals surface area (Å²) in [5.41, 5.74) is 1.81. The van der Waals surface area contributed by atoms with Gasteiger partial charge in [-0.25, -0.2) is 0 Å². The minimum absolute atomic E-state index is 0.616. The van der Waals surface area contributed by atoms with Gasteiger partial charge in [0.1, 0.15) is 5.60 Å². The van der Waals surface area contributed by atoms with Gasteiger partial charge in [0, 0.05) is 25.7 Å². The van der Waals surface area contributed by atoms with E-state index in [-0.39, 0.29) is 0 Å². The van der Waals surface area contributed by atoms with E-state index in [2.05, 4.69) is 52.3 Å². The SMILES string of the molecule is O[C@@]1(c2ccccc2)CCN(C2CCN(Cc3ccccc3)CC2)C1. The Balaban J connectivity index is 1.31. The highest BCUT2D eigenvalue weighted by atomic mass is 16.3. The molecule has 0 spiro atoms. The van der Waals surface area contributed by atoms with E-state index in [0.717, 1.165) is 44.7 Å². The summed E-state index contributed by atoms with van der Waals surface area (Å²) in [5.74, 6) is 0. The molecule has 3 nitrogen and oxygen atoms in total. The zero-order valence-corrected chi connectivity index (χ0v) is 14.8. The molecular weight excluding hydrogens is 308 g/mol. The molecule has 0 unspecified atom stereocenters. The van der Waals surface area contributed by atoms with Gasteiger partial charge in [-0.3, -0.25) is 9.80 Å². The average molecular weight is 336 g/mol. The van der Waals surface area contributed by atoms with Crippen molar-refractivity contribution in [1.29, 1.82) is 0 Å². The summed E-state index contributed by atoms with van der Waals surface area (Å²) >= 11 is 0. The molecule has 2 aliphatic rings. The number of hydrogen-bond donors (Lipinski definition) is 1. The lowest BCUT2D eigenvalue weighted by atomic mass is 9.93. The second-order valence-electron chi connectivity index (χ2n) is 7.61. The van der Waals surface area contributed by atoms with Crippen LogP contribution in [0.5, 0.6) is 0 Å².